The van der Waals surface area contributed by atoms with E-state index < -0.39 is 0 Å². The average Bonchev–Trinajstić information content (AvgIpc) is 3.01. The van der Waals surface area contributed by atoms with Gasteiger partial charge < -0.3 is 0 Å². The second kappa shape index (κ2) is 9.42. The fourth-order valence-electron chi connectivity index (χ4n) is 5.24. The summed E-state index contributed by atoms with van der Waals surface area (Å²) in [5, 5.41) is 0. The molecule has 2 nitrogen and oxygen atoms in total. The minimum atomic E-state index is 0.910. The van der Waals surface area contributed by atoms with Crippen molar-refractivity contribution < 1.29 is 0 Å². The summed E-state index contributed by atoms with van der Waals surface area (Å²) >= 11 is 0. The van der Waals surface area contributed by atoms with Gasteiger partial charge in [-0.25, -0.2) is 9.97 Å². The summed E-state index contributed by atoms with van der Waals surface area (Å²) < 4.78 is 0. The van der Waals surface area contributed by atoms with Crippen molar-refractivity contribution >= 4 is 22.1 Å². The van der Waals surface area contributed by atoms with Gasteiger partial charge in [0.25, 0.3) is 0 Å². The quantitative estimate of drug-likeness (QED) is 0.233. The van der Waals surface area contributed by atoms with Crippen LogP contribution in [-0.4, -0.2) is 9.97 Å². The third kappa shape index (κ3) is 3.84. The van der Waals surface area contributed by atoms with Crippen LogP contribution in [0.2, 0.25) is 0 Å². The van der Waals surface area contributed by atoms with Gasteiger partial charge in [-0.05, 0) is 22.3 Å². The van der Waals surface area contributed by atoms with Crippen molar-refractivity contribution in [1.29, 1.82) is 0 Å². The first kappa shape index (κ1) is 22.1. The lowest BCUT2D eigenvalue weighted by Crippen LogP contribution is -1.97. The van der Waals surface area contributed by atoms with Crippen molar-refractivity contribution in [3.8, 4) is 44.5 Å². The maximum Gasteiger partial charge on any atom is 0.0979 e. The van der Waals surface area contributed by atoms with Gasteiger partial charge in [0.15, 0.2) is 0 Å². The number of hydrogen-bond donors (Lipinski definition) is 0. The van der Waals surface area contributed by atoms with Gasteiger partial charge in [0, 0.05) is 22.3 Å². The molecule has 0 unspecified atom stereocenters. The predicted molar refractivity (Wildman–Crippen MR) is 159 cm³/mol. The summed E-state index contributed by atoms with van der Waals surface area (Å²) in [6.45, 7) is 0. The normalized spacial score (nSPS) is 11.2. The summed E-state index contributed by atoms with van der Waals surface area (Å²) in [7, 11) is 0. The molecule has 178 valence electrons. The zero-order valence-corrected chi connectivity index (χ0v) is 20.8. The van der Waals surface area contributed by atoms with Crippen molar-refractivity contribution in [1.82, 2.24) is 9.97 Å². The highest BCUT2D eigenvalue weighted by molar-refractivity contribution is 6.08. The fourth-order valence-corrected chi connectivity index (χ4v) is 5.24. The largest absolute Gasteiger partial charge is 0.243 e. The lowest BCUT2D eigenvalue weighted by Gasteiger charge is -2.16. The van der Waals surface area contributed by atoms with Crippen LogP contribution in [0.15, 0.2) is 146 Å². The number of fused-ring (bicyclic) bond motifs is 2. The van der Waals surface area contributed by atoms with Gasteiger partial charge in [0.05, 0.1) is 22.1 Å². The van der Waals surface area contributed by atoms with E-state index in [9.17, 15) is 0 Å². The Kier molecular flexibility index (Phi) is 5.49. The molecule has 7 aromatic rings. The average molecular weight is 485 g/mol. The lowest BCUT2D eigenvalue weighted by atomic mass is 9.95. The molecule has 0 amide bonds. The highest BCUT2D eigenvalue weighted by Gasteiger charge is 2.18. The van der Waals surface area contributed by atoms with Crippen LogP contribution in [0.25, 0.3) is 66.6 Å². The Morgan fingerprint density at radius 3 is 0.658 bits per heavy atom. The van der Waals surface area contributed by atoms with E-state index in [1.165, 1.54) is 0 Å². The molecular formula is C36H24N2. The lowest BCUT2D eigenvalue weighted by molar-refractivity contribution is 1.39. The van der Waals surface area contributed by atoms with Gasteiger partial charge in [-0.3, -0.25) is 0 Å². The zero-order valence-electron chi connectivity index (χ0n) is 20.8. The van der Waals surface area contributed by atoms with Gasteiger partial charge in [0.2, 0.25) is 0 Å². The van der Waals surface area contributed by atoms with E-state index in [1.807, 2.05) is 24.3 Å². The van der Waals surface area contributed by atoms with Gasteiger partial charge in [-0.1, -0.05) is 146 Å². The maximum absolute atomic E-state index is 5.44. The topological polar surface area (TPSA) is 25.8 Å². The molecule has 0 bridgehead atoms. The third-order valence-electron chi connectivity index (χ3n) is 7.09. The maximum atomic E-state index is 5.44. The Hall–Kier alpha value is -5.08. The van der Waals surface area contributed by atoms with Crippen molar-refractivity contribution in [3.05, 3.63) is 146 Å². The first-order chi connectivity index (χ1) is 18.9. The number of aromatic nitrogens is 2. The number of benzene rings is 6. The molecule has 0 saturated heterocycles. The molecule has 7 rings (SSSR count). The van der Waals surface area contributed by atoms with Gasteiger partial charge >= 0.3 is 0 Å². The van der Waals surface area contributed by atoms with Crippen molar-refractivity contribution in [2.24, 2.45) is 0 Å². The van der Waals surface area contributed by atoms with Crippen molar-refractivity contribution in [2.75, 3.05) is 0 Å². The molecule has 0 aliphatic carbocycles. The molecule has 0 fully saturated rings. The summed E-state index contributed by atoms with van der Waals surface area (Å²) in [5.74, 6) is 0. The van der Waals surface area contributed by atoms with Crippen LogP contribution in [0.4, 0.5) is 0 Å². The van der Waals surface area contributed by atoms with Crippen LogP contribution in [0.3, 0.4) is 0 Å². The first-order valence-corrected chi connectivity index (χ1v) is 12.9. The van der Waals surface area contributed by atoms with Crippen LogP contribution < -0.4 is 0 Å². The Balaban J connectivity index is 1.64. The smallest absolute Gasteiger partial charge is 0.0979 e. The van der Waals surface area contributed by atoms with Crippen molar-refractivity contribution in [3.63, 3.8) is 0 Å². The first-order valence-electron chi connectivity index (χ1n) is 12.9. The summed E-state index contributed by atoms with van der Waals surface area (Å²) in [6, 6.07) is 50.6. The predicted octanol–water partition coefficient (Wildman–Crippen LogP) is 9.45. The minimum Gasteiger partial charge on any atom is -0.243 e. The number of nitrogens with zero attached hydrogens (tertiary/aromatic N) is 2. The van der Waals surface area contributed by atoms with Gasteiger partial charge in [0.1, 0.15) is 0 Å². The molecule has 0 radical (unpaired) electrons. The summed E-state index contributed by atoms with van der Waals surface area (Å²) in [5.41, 5.74) is 12.5. The Bertz CT molecular complexity index is 1600. The molecular weight excluding hydrogens is 460 g/mol. The summed E-state index contributed by atoms with van der Waals surface area (Å²) in [6.07, 6.45) is 0. The molecule has 0 N–H and O–H groups in total. The summed E-state index contributed by atoms with van der Waals surface area (Å²) in [4.78, 5) is 10.9. The van der Waals surface area contributed by atoms with Crippen LogP contribution >= 0.6 is 0 Å². The highest BCUT2D eigenvalue weighted by Crippen LogP contribution is 2.39. The molecule has 38 heavy (non-hydrogen) atoms. The molecule has 1 heterocycles. The van der Waals surface area contributed by atoms with E-state index >= 15 is 0 Å². The fraction of sp³-hybridized carbons (Fsp3) is 0. The van der Waals surface area contributed by atoms with Gasteiger partial charge in [-0.15, -0.1) is 0 Å². The van der Waals surface area contributed by atoms with E-state index in [0.29, 0.717) is 0 Å². The van der Waals surface area contributed by atoms with Crippen LogP contribution in [0.1, 0.15) is 0 Å². The molecule has 0 aliphatic heterocycles. The zero-order chi connectivity index (χ0) is 25.3. The van der Waals surface area contributed by atoms with Gasteiger partial charge in [-0.2, -0.15) is 0 Å². The second-order valence-corrected chi connectivity index (χ2v) is 9.40. The Morgan fingerprint density at radius 2 is 0.447 bits per heavy atom. The van der Waals surface area contributed by atoms with Crippen LogP contribution in [-0.2, 0) is 0 Å². The van der Waals surface area contributed by atoms with E-state index in [4.69, 9.17) is 9.97 Å². The van der Waals surface area contributed by atoms with E-state index in [0.717, 1.165) is 66.6 Å². The molecule has 0 saturated carbocycles. The Morgan fingerprint density at radius 1 is 0.237 bits per heavy atom. The van der Waals surface area contributed by atoms with E-state index in [2.05, 4.69) is 121 Å². The molecule has 0 aliphatic rings. The standard InChI is InChI=1S/C36H24N2/c1-5-13-25(14-6-1)29-21-22-30(26-15-7-2-8-16-26)34-33(29)37-35-31(27-17-9-3-10-18-27)23-24-32(36(35)38-34)28-19-11-4-12-20-28/h1-24H. The second-order valence-electron chi connectivity index (χ2n) is 9.40. The molecule has 1 aromatic heterocycles. The van der Waals surface area contributed by atoms with Crippen molar-refractivity contribution in [2.45, 2.75) is 0 Å². The molecule has 2 heteroatoms. The number of rotatable bonds is 4. The van der Waals surface area contributed by atoms with Crippen LogP contribution in [0.5, 0.6) is 0 Å². The minimum absolute atomic E-state index is 0.910. The van der Waals surface area contributed by atoms with E-state index in [-0.39, 0.29) is 0 Å². The number of hydrogen-bond acceptors (Lipinski definition) is 2. The van der Waals surface area contributed by atoms with Crippen LogP contribution in [0, 0.1) is 0 Å². The Labute approximate surface area is 221 Å². The third-order valence-corrected chi connectivity index (χ3v) is 7.09. The monoisotopic (exact) mass is 484 g/mol. The van der Waals surface area contributed by atoms with E-state index in [1.54, 1.807) is 0 Å². The molecule has 6 aromatic carbocycles. The molecule has 0 atom stereocenters. The molecule has 0 spiro atoms. The SMILES string of the molecule is c1ccc(-c2ccc(-c3ccccc3)c3nc4c(-c5ccccc5)ccc(-c5ccccc5)c4nc23)cc1. The highest BCUT2D eigenvalue weighted by atomic mass is 14.8.